The molecule has 0 aromatic carbocycles. The molecule has 1 atom stereocenters. The van der Waals surface area contributed by atoms with Gasteiger partial charge in [-0.3, -0.25) is 9.48 Å². The lowest BCUT2D eigenvalue weighted by Gasteiger charge is -2.24. The Balaban J connectivity index is 1.48. The third-order valence-electron chi connectivity index (χ3n) is 4.45. The average Bonchev–Trinajstić information content (AvgIpc) is 3.13. The first-order valence-electron chi connectivity index (χ1n) is 7.60. The lowest BCUT2D eigenvalue weighted by molar-refractivity contribution is 0.0920. The van der Waals surface area contributed by atoms with Gasteiger partial charge >= 0.3 is 0 Å². The zero-order valence-corrected chi connectivity index (χ0v) is 11.8. The van der Waals surface area contributed by atoms with Gasteiger partial charge in [0.25, 0.3) is 5.91 Å². The summed E-state index contributed by atoms with van der Waals surface area (Å²) in [5.74, 6) is 0.799. The minimum Gasteiger partial charge on any atom is -0.360 e. The number of hydrogen-bond donors (Lipinski definition) is 1. The number of nitrogens with one attached hydrogen (secondary N) is 1. The van der Waals surface area contributed by atoms with Gasteiger partial charge in [0.15, 0.2) is 5.69 Å². The molecular weight excluding hydrogens is 268 g/mol. The van der Waals surface area contributed by atoms with E-state index in [4.69, 9.17) is 4.52 Å². The summed E-state index contributed by atoms with van der Waals surface area (Å²) in [4.78, 5) is 12.4. The Hall–Kier alpha value is -2.11. The number of hydrogen-bond acceptors (Lipinski definition) is 4. The maximum absolute atomic E-state index is 12.4. The largest absolute Gasteiger partial charge is 0.360 e. The summed E-state index contributed by atoms with van der Waals surface area (Å²) in [5.41, 5.74) is 2.68. The van der Waals surface area contributed by atoms with Gasteiger partial charge in [0.05, 0.1) is 0 Å². The summed E-state index contributed by atoms with van der Waals surface area (Å²) in [7, 11) is 0. The molecule has 1 aliphatic heterocycles. The molecule has 0 spiro atoms. The zero-order chi connectivity index (χ0) is 14.2. The van der Waals surface area contributed by atoms with Crippen LogP contribution in [0.15, 0.2) is 16.8 Å². The van der Waals surface area contributed by atoms with E-state index in [1.54, 1.807) is 0 Å². The highest BCUT2D eigenvalue weighted by atomic mass is 16.5. The SMILES string of the molecule is O=C(N[C@@H]1CCn2nccc2C1)c1noc2c1CCCC2. The summed E-state index contributed by atoms with van der Waals surface area (Å²) in [6, 6.07) is 2.16. The number of aryl methyl sites for hydroxylation is 2. The predicted octanol–water partition coefficient (Wildman–Crippen LogP) is 1.49. The number of carbonyl (C=O) groups excluding carboxylic acids is 1. The van der Waals surface area contributed by atoms with Gasteiger partial charge in [-0.05, 0) is 31.7 Å². The van der Waals surface area contributed by atoms with Crippen molar-refractivity contribution in [3.05, 3.63) is 35.0 Å². The van der Waals surface area contributed by atoms with Crippen molar-refractivity contribution < 1.29 is 9.32 Å². The first kappa shape index (κ1) is 12.6. The number of nitrogens with zero attached hydrogens (tertiary/aromatic N) is 3. The molecule has 4 rings (SSSR count). The maximum atomic E-state index is 12.4. The first-order chi connectivity index (χ1) is 10.3. The minimum atomic E-state index is -0.0973. The van der Waals surface area contributed by atoms with Crippen molar-refractivity contribution in [3.8, 4) is 0 Å². The Morgan fingerprint density at radius 1 is 1.38 bits per heavy atom. The Morgan fingerprint density at radius 2 is 2.29 bits per heavy atom. The van der Waals surface area contributed by atoms with Gasteiger partial charge in [-0.25, -0.2) is 0 Å². The molecule has 2 aromatic heterocycles. The lowest BCUT2D eigenvalue weighted by atomic mass is 9.96. The third kappa shape index (κ3) is 2.24. The summed E-state index contributed by atoms with van der Waals surface area (Å²) in [6.45, 7) is 0.851. The monoisotopic (exact) mass is 286 g/mol. The average molecular weight is 286 g/mol. The maximum Gasteiger partial charge on any atom is 0.273 e. The van der Waals surface area contributed by atoms with E-state index < -0.39 is 0 Å². The summed E-state index contributed by atoms with van der Waals surface area (Å²) >= 11 is 0. The molecule has 0 fully saturated rings. The normalized spacial score (nSPS) is 20.7. The number of fused-ring (bicyclic) bond motifs is 2. The van der Waals surface area contributed by atoms with Crippen LogP contribution in [0.2, 0.25) is 0 Å². The van der Waals surface area contributed by atoms with Crippen LogP contribution >= 0.6 is 0 Å². The van der Waals surface area contributed by atoms with Crippen molar-refractivity contribution in [1.82, 2.24) is 20.3 Å². The Bertz CT molecular complexity index is 673. The fourth-order valence-electron chi connectivity index (χ4n) is 3.31. The van der Waals surface area contributed by atoms with E-state index in [1.807, 2.05) is 16.9 Å². The molecule has 0 unspecified atom stereocenters. The van der Waals surface area contributed by atoms with Gasteiger partial charge in [-0.15, -0.1) is 0 Å². The van der Waals surface area contributed by atoms with Crippen LogP contribution in [-0.4, -0.2) is 26.9 Å². The molecule has 0 radical (unpaired) electrons. The molecule has 0 saturated heterocycles. The van der Waals surface area contributed by atoms with Crippen LogP contribution in [0.4, 0.5) is 0 Å². The van der Waals surface area contributed by atoms with Crippen molar-refractivity contribution in [1.29, 1.82) is 0 Å². The van der Waals surface area contributed by atoms with Crippen LogP contribution in [0.3, 0.4) is 0 Å². The fraction of sp³-hybridized carbons (Fsp3) is 0.533. The summed E-state index contributed by atoms with van der Waals surface area (Å²) in [6.07, 6.45) is 7.57. The standard InChI is InChI=1S/C15H18N4O2/c20-15(14-12-3-1-2-4-13(12)21-18-14)17-10-6-8-19-11(9-10)5-7-16-19/h5,7,10H,1-4,6,8-9H2,(H,17,20)/t10-/m1/s1. The van der Waals surface area contributed by atoms with Crippen LogP contribution in [0.5, 0.6) is 0 Å². The van der Waals surface area contributed by atoms with E-state index in [1.165, 1.54) is 5.69 Å². The molecule has 3 heterocycles. The second kappa shape index (κ2) is 5.02. The molecular formula is C15H18N4O2. The summed E-state index contributed by atoms with van der Waals surface area (Å²) < 4.78 is 7.32. The van der Waals surface area contributed by atoms with Gasteiger partial charge in [0.1, 0.15) is 5.76 Å². The van der Waals surface area contributed by atoms with E-state index in [2.05, 4.69) is 15.6 Å². The van der Waals surface area contributed by atoms with Crippen LogP contribution in [-0.2, 0) is 25.8 Å². The van der Waals surface area contributed by atoms with E-state index in [9.17, 15) is 4.79 Å². The molecule has 1 amide bonds. The highest BCUT2D eigenvalue weighted by molar-refractivity contribution is 5.94. The molecule has 1 aliphatic carbocycles. The molecule has 21 heavy (non-hydrogen) atoms. The van der Waals surface area contributed by atoms with Crippen molar-refractivity contribution >= 4 is 5.91 Å². The van der Waals surface area contributed by atoms with Crippen molar-refractivity contribution in [2.24, 2.45) is 0 Å². The van der Waals surface area contributed by atoms with E-state index >= 15 is 0 Å². The van der Waals surface area contributed by atoms with Crippen LogP contribution in [0, 0.1) is 0 Å². The number of amides is 1. The predicted molar refractivity (Wildman–Crippen MR) is 74.9 cm³/mol. The quantitative estimate of drug-likeness (QED) is 0.908. The molecule has 2 aliphatic rings. The van der Waals surface area contributed by atoms with Gasteiger partial charge in [-0.1, -0.05) is 5.16 Å². The molecule has 2 aromatic rings. The zero-order valence-electron chi connectivity index (χ0n) is 11.8. The topological polar surface area (TPSA) is 73.0 Å². The van der Waals surface area contributed by atoms with Crippen LogP contribution < -0.4 is 5.32 Å². The van der Waals surface area contributed by atoms with Crippen LogP contribution in [0.25, 0.3) is 0 Å². The van der Waals surface area contributed by atoms with Gasteiger partial charge in [0.2, 0.25) is 0 Å². The fourth-order valence-corrected chi connectivity index (χ4v) is 3.31. The molecule has 6 nitrogen and oxygen atoms in total. The Labute approximate surface area is 122 Å². The highest BCUT2D eigenvalue weighted by Crippen LogP contribution is 2.24. The number of rotatable bonds is 2. The molecule has 0 saturated carbocycles. The first-order valence-corrected chi connectivity index (χ1v) is 7.60. The molecule has 0 bridgehead atoms. The van der Waals surface area contributed by atoms with E-state index in [-0.39, 0.29) is 11.9 Å². The molecule has 1 N–H and O–H groups in total. The Morgan fingerprint density at radius 3 is 3.24 bits per heavy atom. The molecule has 110 valence electrons. The van der Waals surface area contributed by atoms with Crippen molar-refractivity contribution in [3.63, 3.8) is 0 Å². The van der Waals surface area contributed by atoms with E-state index in [0.29, 0.717) is 5.69 Å². The number of aromatic nitrogens is 3. The second-order valence-electron chi connectivity index (χ2n) is 5.85. The van der Waals surface area contributed by atoms with Gasteiger partial charge in [-0.2, -0.15) is 5.10 Å². The van der Waals surface area contributed by atoms with Gasteiger partial charge in [0, 0.05) is 42.9 Å². The van der Waals surface area contributed by atoms with Crippen LogP contribution in [0.1, 0.15) is 46.8 Å². The van der Waals surface area contributed by atoms with Gasteiger partial charge < -0.3 is 9.84 Å². The second-order valence-corrected chi connectivity index (χ2v) is 5.85. The lowest BCUT2D eigenvalue weighted by Crippen LogP contribution is -2.40. The third-order valence-corrected chi connectivity index (χ3v) is 4.45. The minimum absolute atomic E-state index is 0.0973. The molecule has 6 heteroatoms. The smallest absolute Gasteiger partial charge is 0.273 e. The number of carbonyl (C=O) groups is 1. The highest BCUT2D eigenvalue weighted by Gasteiger charge is 2.27. The Kier molecular flexibility index (Phi) is 3.02. The summed E-state index contributed by atoms with van der Waals surface area (Å²) in [5, 5.41) is 11.3. The van der Waals surface area contributed by atoms with Crippen molar-refractivity contribution in [2.45, 2.75) is 51.1 Å². The van der Waals surface area contributed by atoms with Crippen molar-refractivity contribution in [2.75, 3.05) is 0 Å². The van der Waals surface area contributed by atoms with E-state index in [0.717, 1.165) is 56.4 Å².